The molecule has 116 valence electrons. The van der Waals surface area contributed by atoms with Gasteiger partial charge in [0.15, 0.2) is 0 Å². The molecule has 0 unspecified atom stereocenters. The van der Waals surface area contributed by atoms with Crippen molar-refractivity contribution in [2.45, 2.75) is 71.1 Å². The molecule has 0 saturated heterocycles. The van der Waals surface area contributed by atoms with Gasteiger partial charge in [0.1, 0.15) is 0 Å². The Morgan fingerprint density at radius 3 is 2.25 bits per heavy atom. The fourth-order valence-electron chi connectivity index (χ4n) is 2.99. The van der Waals surface area contributed by atoms with Crippen molar-refractivity contribution in [3.63, 3.8) is 0 Å². The van der Waals surface area contributed by atoms with Gasteiger partial charge in [0.2, 0.25) is 5.91 Å². The van der Waals surface area contributed by atoms with Crippen molar-refractivity contribution in [2.75, 3.05) is 6.54 Å². The molecule has 1 aliphatic rings. The average molecular weight is 283 g/mol. The smallest absolute Gasteiger partial charge is 0.307 e. The van der Waals surface area contributed by atoms with Gasteiger partial charge in [-0.1, -0.05) is 51.9 Å². The summed E-state index contributed by atoms with van der Waals surface area (Å²) in [6.45, 7) is 2.89. The predicted octanol–water partition coefficient (Wildman–Crippen LogP) is 3.35. The lowest BCUT2D eigenvalue weighted by atomic mass is 9.78. The normalized spacial score (nSPS) is 22.4. The fourth-order valence-corrected chi connectivity index (χ4v) is 2.99. The Kier molecular flexibility index (Phi) is 8.31. The average Bonchev–Trinajstić information content (AvgIpc) is 2.46. The summed E-state index contributed by atoms with van der Waals surface area (Å²) in [5.41, 5.74) is 0. The highest BCUT2D eigenvalue weighted by Crippen LogP contribution is 2.30. The summed E-state index contributed by atoms with van der Waals surface area (Å²) in [6.07, 6.45) is 10.4. The van der Waals surface area contributed by atoms with Gasteiger partial charge in [-0.05, 0) is 19.3 Å². The van der Waals surface area contributed by atoms with Crippen LogP contribution >= 0.6 is 0 Å². The Labute approximate surface area is 122 Å². The van der Waals surface area contributed by atoms with Gasteiger partial charge < -0.3 is 10.4 Å². The van der Waals surface area contributed by atoms with E-state index in [0.717, 1.165) is 32.1 Å². The summed E-state index contributed by atoms with van der Waals surface area (Å²) in [5.74, 6) is -1.66. The molecule has 0 heterocycles. The number of nitrogens with one attached hydrogen (secondary N) is 1. The van der Waals surface area contributed by atoms with Crippen molar-refractivity contribution in [2.24, 2.45) is 11.8 Å². The van der Waals surface area contributed by atoms with E-state index in [4.69, 9.17) is 5.11 Å². The third-order valence-electron chi connectivity index (χ3n) is 4.25. The molecule has 0 bridgehead atoms. The molecule has 1 amide bonds. The van der Waals surface area contributed by atoms with Gasteiger partial charge in [-0.15, -0.1) is 0 Å². The zero-order valence-corrected chi connectivity index (χ0v) is 12.7. The van der Waals surface area contributed by atoms with Crippen LogP contribution in [0.2, 0.25) is 0 Å². The lowest BCUT2D eigenvalue weighted by molar-refractivity contribution is -0.148. The van der Waals surface area contributed by atoms with Crippen molar-refractivity contribution >= 4 is 11.9 Å². The molecule has 0 radical (unpaired) electrons. The maximum absolute atomic E-state index is 12.1. The standard InChI is InChI=1S/C16H29NO3/c1-2-3-4-5-6-9-12-17-15(18)13-10-7-8-11-14(13)16(19)20/h13-14H,2-12H2,1H3,(H,17,18)(H,19,20)/t13-,14-/m0/s1. The highest BCUT2D eigenvalue weighted by molar-refractivity contribution is 5.84. The van der Waals surface area contributed by atoms with Gasteiger partial charge in [0, 0.05) is 6.54 Å². The Hall–Kier alpha value is -1.06. The maximum atomic E-state index is 12.1. The number of carboxylic acid groups (broad SMARTS) is 1. The van der Waals surface area contributed by atoms with Crippen LogP contribution in [0.3, 0.4) is 0 Å². The van der Waals surface area contributed by atoms with Crippen molar-refractivity contribution in [3.05, 3.63) is 0 Å². The van der Waals surface area contributed by atoms with E-state index in [1.54, 1.807) is 0 Å². The Morgan fingerprint density at radius 2 is 1.60 bits per heavy atom. The van der Waals surface area contributed by atoms with Gasteiger partial charge in [0.05, 0.1) is 11.8 Å². The first-order chi connectivity index (χ1) is 9.66. The molecule has 1 aliphatic carbocycles. The van der Waals surface area contributed by atoms with E-state index in [1.165, 1.54) is 25.7 Å². The second kappa shape index (κ2) is 9.78. The van der Waals surface area contributed by atoms with Crippen molar-refractivity contribution in [1.82, 2.24) is 5.32 Å². The Morgan fingerprint density at radius 1 is 1.00 bits per heavy atom. The van der Waals surface area contributed by atoms with Crippen LogP contribution in [0.15, 0.2) is 0 Å². The van der Waals surface area contributed by atoms with E-state index in [9.17, 15) is 9.59 Å². The van der Waals surface area contributed by atoms with Crippen LogP contribution in [0.5, 0.6) is 0 Å². The number of carboxylic acids is 1. The Balaban J connectivity index is 2.19. The van der Waals surface area contributed by atoms with Gasteiger partial charge in [0.25, 0.3) is 0 Å². The molecule has 2 N–H and O–H groups in total. The number of aliphatic carboxylic acids is 1. The van der Waals surface area contributed by atoms with E-state index in [2.05, 4.69) is 12.2 Å². The second-order valence-electron chi connectivity index (χ2n) is 5.89. The summed E-state index contributed by atoms with van der Waals surface area (Å²) in [4.78, 5) is 23.2. The van der Waals surface area contributed by atoms with Gasteiger partial charge in [-0.25, -0.2) is 0 Å². The van der Waals surface area contributed by atoms with Crippen molar-refractivity contribution in [3.8, 4) is 0 Å². The van der Waals surface area contributed by atoms with Crippen LogP contribution in [-0.2, 0) is 9.59 Å². The van der Waals surface area contributed by atoms with Crippen LogP contribution in [0.1, 0.15) is 71.1 Å². The van der Waals surface area contributed by atoms with Crippen LogP contribution in [0.4, 0.5) is 0 Å². The number of unbranched alkanes of at least 4 members (excludes halogenated alkanes) is 5. The zero-order valence-electron chi connectivity index (χ0n) is 12.7. The van der Waals surface area contributed by atoms with Gasteiger partial charge in [-0.2, -0.15) is 0 Å². The van der Waals surface area contributed by atoms with Gasteiger partial charge >= 0.3 is 5.97 Å². The van der Waals surface area contributed by atoms with E-state index in [-0.39, 0.29) is 11.8 Å². The zero-order chi connectivity index (χ0) is 14.8. The molecule has 1 saturated carbocycles. The molecule has 1 rings (SSSR count). The van der Waals surface area contributed by atoms with E-state index >= 15 is 0 Å². The second-order valence-corrected chi connectivity index (χ2v) is 5.89. The van der Waals surface area contributed by atoms with Gasteiger partial charge in [-0.3, -0.25) is 9.59 Å². The predicted molar refractivity (Wildman–Crippen MR) is 79.5 cm³/mol. The molecule has 0 aromatic heterocycles. The first kappa shape index (κ1) is 17.0. The first-order valence-corrected chi connectivity index (χ1v) is 8.17. The number of hydrogen-bond acceptors (Lipinski definition) is 2. The lowest BCUT2D eigenvalue weighted by Crippen LogP contribution is -2.40. The summed E-state index contributed by atoms with van der Waals surface area (Å²) < 4.78 is 0. The maximum Gasteiger partial charge on any atom is 0.307 e. The van der Waals surface area contributed by atoms with Crippen LogP contribution in [0.25, 0.3) is 0 Å². The highest BCUT2D eigenvalue weighted by Gasteiger charge is 2.35. The van der Waals surface area contributed by atoms with Crippen molar-refractivity contribution in [1.29, 1.82) is 0 Å². The number of amides is 1. The fraction of sp³-hybridized carbons (Fsp3) is 0.875. The minimum absolute atomic E-state index is 0.0503. The summed E-state index contributed by atoms with van der Waals surface area (Å²) in [5, 5.41) is 12.1. The molecule has 0 aliphatic heterocycles. The van der Waals surface area contributed by atoms with Crippen LogP contribution in [0, 0.1) is 11.8 Å². The molecule has 4 nitrogen and oxygen atoms in total. The van der Waals surface area contributed by atoms with Crippen LogP contribution < -0.4 is 5.32 Å². The number of carbonyl (C=O) groups is 2. The third-order valence-corrected chi connectivity index (χ3v) is 4.25. The molecule has 0 spiro atoms. The molecule has 20 heavy (non-hydrogen) atoms. The molecule has 0 aromatic carbocycles. The summed E-state index contributed by atoms with van der Waals surface area (Å²) in [7, 11) is 0. The minimum Gasteiger partial charge on any atom is -0.481 e. The Bertz CT molecular complexity index is 304. The van der Waals surface area contributed by atoms with E-state index < -0.39 is 11.9 Å². The first-order valence-electron chi connectivity index (χ1n) is 8.17. The monoisotopic (exact) mass is 283 g/mol. The highest BCUT2D eigenvalue weighted by atomic mass is 16.4. The number of carbonyl (C=O) groups excluding carboxylic acids is 1. The third kappa shape index (κ3) is 5.93. The van der Waals surface area contributed by atoms with Crippen molar-refractivity contribution < 1.29 is 14.7 Å². The summed E-state index contributed by atoms with van der Waals surface area (Å²) >= 11 is 0. The number of rotatable bonds is 9. The molecule has 4 heteroatoms. The summed E-state index contributed by atoms with van der Waals surface area (Å²) in [6, 6.07) is 0. The topological polar surface area (TPSA) is 66.4 Å². The van der Waals surface area contributed by atoms with E-state index in [0.29, 0.717) is 13.0 Å². The SMILES string of the molecule is CCCCCCCCNC(=O)[C@H]1CCCC[C@@H]1C(=O)O. The largest absolute Gasteiger partial charge is 0.481 e. The van der Waals surface area contributed by atoms with E-state index in [1.807, 2.05) is 0 Å². The molecular weight excluding hydrogens is 254 g/mol. The quantitative estimate of drug-likeness (QED) is 0.638. The number of hydrogen-bond donors (Lipinski definition) is 2. The molecular formula is C16H29NO3. The van der Waals surface area contributed by atoms with Crippen LogP contribution in [-0.4, -0.2) is 23.5 Å². The minimum atomic E-state index is -0.815. The molecule has 0 aromatic rings. The molecule has 1 fully saturated rings. The molecule has 2 atom stereocenters. The lowest BCUT2D eigenvalue weighted by Gasteiger charge is -2.27.